The van der Waals surface area contributed by atoms with Crippen molar-refractivity contribution in [2.24, 2.45) is 0 Å². The highest BCUT2D eigenvalue weighted by Gasteiger charge is 2.18. The molecular weight excluding hydrogens is 264 g/mol. The summed E-state index contributed by atoms with van der Waals surface area (Å²) in [5.74, 6) is 0.0307. The van der Waals surface area contributed by atoms with Crippen molar-refractivity contribution in [2.45, 2.75) is 19.3 Å². The number of hydrogen-bond donors (Lipinski definition) is 1. The van der Waals surface area contributed by atoms with Gasteiger partial charge in [-0.25, -0.2) is 0 Å². The summed E-state index contributed by atoms with van der Waals surface area (Å²) in [6.45, 7) is 1.62. The number of hydrogen-bond acceptors (Lipinski definition) is 4. The molecule has 2 rings (SSSR count). The lowest BCUT2D eigenvalue weighted by Crippen LogP contribution is -2.35. The zero-order valence-corrected chi connectivity index (χ0v) is 11.7. The number of rotatable bonds is 3. The first kappa shape index (κ1) is 14.6. The number of carbonyl (C=O) groups excluding carboxylic acids is 1. The number of nitrogens with one attached hydrogen (secondary N) is 1. The van der Waals surface area contributed by atoms with Crippen molar-refractivity contribution in [3.63, 3.8) is 0 Å². The van der Waals surface area contributed by atoms with Crippen LogP contribution in [-0.2, 0) is 0 Å². The van der Waals surface area contributed by atoms with Crippen LogP contribution in [0, 0.1) is 22.7 Å². The van der Waals surface area contributed by atoms with E-state index in [1.807, 2.05) is 4.90 Å². The second kappa shape index (κ2) is 7.12. The lowest BCUT2D eigenvalue weighted by molar-refractivity contribution is 0.0724. The van der Waals surface area contributed by atoms with Gasteiger partial charge in [0.25, 0.3) is 5.91 Å². The van der Waals surface area contributed by atoms with Crippen LogP contribution in [0.3, 0.4) is 0 Å². The van der Waals surface area contributed by atoms with Crippen LogP contribution in [0.5, 0.6) is 0 Å². The van der Waals surface area contributed by atoms with Crippen LogP contribution in [0.2, 0.25) is 0 Å². The lowest BCUT2D eigenvalue weighted by atomic mass is 10.1. The number of anilines is 1. The van der Waals surface area contributed by atoms with Crippen molar-refractivity contribution in [3.05, 3.63) is 41.6 Å². The molecule has 1 aromatic rings. The molecule has 21 heavy (non-hydrogen) atoms. The number of carbonyl (C=O) groups is 1. The molecule has 0 saturated carbocycles. The van der Waals surface area contributed by atoms with Crippen LogP contribution in [0.25, 0.3) is 0 Å². The third-order valence-corrected chi connectivity index (χ3v) is 3.38. The molecule has 5 heteroatoms. The number of nitrogens with zero attached hydrogens (tertiary/aromatic N) is 3. The minimum Gasteiger partial charge on any atom is -0.360 e. The predicted octanol–water partition coefficient (Wildman–Crippen LogP) is 2.66. The molecule has 1 saturated heterocycles. The van der Waals surface area contributed by atoms with Crippen LogP contribution in [0.1, 0.15) is 29.6 Å². The highest BCUT2D eigenvalue weighted by atomic mass is 16.2. The quantitative estimate of drug-likeness (QED) is 0.863. The van der Waals surface area contributed by atoms with Gasteiger partial charge in [-0.2, -0.15) is 10.5 Å². The summed E-state index contributed by atoms with van der Waals surface area (Å²) in [6, 6.07) is 10.6. The summed E-state index contributed by atoms with van der Waals surface area (Å²) >= 11 is 0. The maximum absolute atomic E-state index is 12.4. The third-order valence-electron chi connectivity index (χ3n) is 3.38. The molecule has 0 bridgehead atoms. The summed E-state index contributed by atoms with van der Waals surface area (Å²) in [5.41, 5.74) is 1.29. The van der Waals surface area contributed by atoms with E-state index in [4.69, 9.17) is 10.5 Å². The van der Waals surface area contributed by atoms with Crippen molar-refractivity contribution in [1.29, 1.82) is 10.5 Å². The smallest absolute Gasteiger partial charge is 0.253 e. The zero-order valence-electron chi connectivity index (χ0n) is 11.7. The molecular formula is C16H16N4O. The molecule has 0 aliphatic carbocycles. The number of benzene rings is 1. The van der Waals surface area contributed by atoms with Crippen molar-refractivity contribution in [3.8, 4) is 12.1 Å². The van der Waals surface area contributed by atoms with E-state index >= 15 is 0 Å². The van der Waals surface area contributed by atoms with E-state index < -0.39 is 0 Å². The Kier molecular flexibility index (Phi) is 4.95. The highest BCUT2D eigenvalue weighted by molar-refractivity contribution is 5.95. The monoisotopic (exact) mass is 280 g/mol. The SMILES string of the molecule is N#CC(C#N)=CNc1cccc(C(=O)N2CCCCC2)c1. The van der Waals surface area contributed by atoms with Crippen molar-refractivity contribution < 1.29 is 4.79 Å². The maximum Gasteiger partial charge on any atom is 0.253 e. The van der Waals surface area contributed by atoms with Crippen molar-refractivity contribution >= 4 is 11.6 Å². The molecule has 5 nitrogen and oxygen atoms in total. The summed E-state index contributed by atoms with van der Waals surface area (Å²) in [7, 11) is 0. The molecule has 1 amide bonds. The molecule has 0 unspecified atom stereocenters. The Bertz CT molecular complexity index is 614. The highest BCUT2D eigenvalue weighted by Crippen LogP contribution is 2.16. The summed E-state index contributed by atoms with van der Waals surface area (Å²) in [6.07, 6.45) is 4.63. The molecule has 0 aromatic heterocycles. The summed E-state index contributed by atoms with van der Waals surface area (Å²) in [4.78, 5) is 14.2. The van der Waals surface area contributed by atoms with Crippen molar-refractivity contribution in [1.82, 2.24) is 4.90 Å². The Balaban J connectivity index is 2.10. The number of piperidine rings is 1. The molecule has 1 fully saturated rings. The van der Waals surface area contributed by atoms with Gasteiger partial charge in [0.2, 0.25) is 0 Å². The number of likely N-dealkylation sites (tertiary alicyclic amines) is 1. The number of nitriles is 2. The molecule has 1 aliphatic rings. The topological polar surface area (TPSA) is 79.9 Å². The fourth-order valence-corrected chi connectivity index (χ4v) is 2.27. The van der Waals surface area contributed by atoms with E-state index in [0.29, 0.717) is 11.3 Å². The third kappa shape index (κ3) is 3.84. The second-order valence-electron chi connectivity index (χ2n) is 4.86. The Hall–Kier alpha value is -2.79. The molecule has 0 spiro atoms. The fourth-order valence-electron chi connectivity index (χ4n) is 2.27. The van der Waals surface area contributed by atoms with Crippen LogP contribution in [0.4, 0.5) is 5.69 Å². The van der Waals surface area contributed by atoms with E-state index in [0.717, 1.165) is 25.9 Å². The van der Waals surface area contributed by atoms with Gasteiger partial charge in [-0.05, 0) is 37.5 Å². The van der Waals surface area contributed by atoms with Gasteiger partial charge >= 0.3 is 0 Å². The first-order valence-electron chi connectivity index (χ1n) is 6.91. The fraction of sp³-hybridized carbons (Fsp3) is 0.312. The van der Waals surface area contributed by atoms with Gasteiger partial charge in [-0.1, -0.05) is 6.07 Å². The lowest BCUT2D eigenvalue weighted by Gasteiger charge is -2.26. The minimum absolute atomic E-state index is 0.0113. The van der Waals surface area contributed by atoms with Crippen LogP contribution >= 0.6 is 0 Å². The average Bonchev–Trinajstić information content (AvgIpc) is 2.56. The molecule has 1 aromatic carbocycles. The zero-order chi connectivity index (χ0) is 15.1. The van der Waals surface area contributed by atoms with Gasteiger partial charge in [0, 0.05) is 30.5 Å². The minimum atomic E-state index is -0.0113. The summed E-state index contributed by atoms with van der Waals surface area (Å²) < 4.78 is 0. The average molecular weight is 280 g/mol. The van der Waals surface area contributed by atoms with E-state index in [-0.39, 0.29) is 11.5 Å². The van der Waals surface area contributed by atoms with Crippen LogP contribution in [0.15, 0.2) is 36.0 Å². The number of amides is 1. The van der Waals surface area contributed by atoms with Crippen LogP contribution in [-0.4, -0.2) is 23.9 Å². The first-order valence-corrected chi connectivity index (χ1v) is 6.91. The molecule has 1 N–H and O–H groups in total. The second-order valence-corrected chi connectivity index (χ2v) is 4.86. The number of allylic oxidation sites excluding steroid dienone is 1. The standard InChI is InChI=1S/C16H16N4O/c17-10-13(11-18)12-19-15-6-4-5-14(9-15)16(21)20-7-2-1-3-8-20/h4-6,9,12,19H,1-3,7-8H2. The van der Waals surface area contributed by atoms with Crippen LogP contribution < -0.4 is 5.32 Å². The van der Waals surface area contributed by atoms with Gasteiger partial charge in [0.15, 0.2) is 0 Å². The van der Waals surface area contributed by atoms with Gasteiger partial charge in [-0.15, -0.1) is 0 Å². The van der Waals surface area contributed by atoms with Gasteiger partial charge in [0.05, 0.1) is 0 Å². The predicted molar refractivity (Wildman–Crippen MR) is 79.1 cm³/mol. The van der Waals surface area contributed by atoms with E-state index in [9.17, 15) is 4.79 Å². The Morgan fingerprint density at radius 3 is 2.57 bits per heavy atom. The summed E-state index contributed by atoms with van der Waals surface area (Å²) in [5, 5.41) is 20.2. The molecule has 1 aliphatic heterocycles. The van der Waals surface area contributed by atoms with Gasteiger partial charge in [-0.3, -0.25) is 4.79 Å². The molecule has 1 heterocycles. The van der Waals surface area contributed by atoms with Gasteiger partial charge < -0.3 is 10.2 Å². The normalized spacial score (nSPS) is 13.7. The van der Waals surface area contributed by atoms with E-state index in [1.54, 1.807) is 36.4 Å². The largest absolute Gasteiger partial charge is 0.360 e. The van der Waals surface area contributed by atoms with Gasteiger partial charge in [0.1, 0.15) is 17.7 Å². The Morgan fingerprint density at radius 2 is 1.90 bits per heavy atom. The molecule has 106 valence electrons. The van der Waals surface area contributed by atoms with E-state index in [2.05, 4.69) is 5.32 Å². The first-order chi connectivity index (χ1) is 10.2. The molecule has 0 atom stereocenters. The van der Waals surface area contributed by atoms with E-state index in [1.165, 1.54) is 12.6 Å². The maximum atomic E-state index is 12.4. The van der Waals surface area contributed by atoms with Crippen molar-refractivity contribution in [2.75, 3.05) is 18.4 Å². The Labute approximate surface area is 124 Å². The Morgan fingerprint density at radius 1 is 1.19 bits per heavy atom. The molecule has 0 radical (unpaired) electrons.